The molecule has 0 saturated carbocycles. The summed E-state index contributed by atoms with van der Waals surface area (Å²) in [6.07, 6.45) is 2.83. The van der Waals surface area contributed by atoms with Gasteiger partial charge in [-0.2, -0.15) is 0 Å². The molecule has 56 heavy (non-hydrogen) atoms. The van der Waals surface area contributed by atoms with E-state index in [1.165, 1.54) is 33.5 Å². The molecule has 0 bridgehead atoms. The second-order valence-electron chi connectivity index (χ2n) is 18.2. The predicted octanol–water partition coefficient (Wildman–Crippen LogP) is 13.0. The van der Waals surface area contributed by atoms with Crippen LogP contribution in [-0.4, -0.2) is 14.1 Å². The molecule has 0 atom stereocenters. The zero-order valence-electron chi connectivity index (χ0n) is 33.8. The second-order valence-corrected chi connectivity index (χ2v) is 19.2. The Hall–Kier alpha value is -4.99. The third-order valence-electron chi connectivity index (χ3n) is 13.5. The molecule has 286 valence electrons. The monoisotopic (exact) mass is 917 g/mol. The smallest absolute Gasteiger partial charge is 0.0582 e. The molecule has 7 aromatic rings. The van der Waals surface area contributed by atoms with Crippen LogP contribution in [0.1, 0.15) is 90.1 Å². The van der Waals surface area contributed by atoms with Crippen LogP contribution < -0.4 is 9.64 Å². The molecular weight excluding hydrogens is 868 g/mol. The second kappa shape index (κ2) is 12.8. The molecule has 2 aromatic heterocycles. The summed E-state index contributed by atoms with van der Waals surface area (Å²) in [6.45, 7) is 21.4. The molecule has 1 aliphatic heterocycles. The summed E-state index contributed by atoms with van der Waals surface area (Å²) in [5.41, 5.74) is 13.4. The van der Waals surface area contributed by atoms with Gasteiger partial charge >= 0.3 is 224 Å². The fraction of sp³-hybridized carbons (Fsp3) is 0.280. The topological polar surface area (TPSA) is 35.2 Å². The number of fused-ring (bicyclic) bond motifs is 5. The van der Waals surface area contributed by atoms with Crippen molar-refractivity contribution in [2.24, 2.45) is 5.41 Å². The number of hydrogen-bond donors (Lipinski definition) is 0. The number of ether oxygens (including phenoxy) is 1. The van der Waals surface area contributed by atoms with E-state index in [1.54, 1.807) is 0 Å². The van der Waals surface area contributed by atoms with E-state index < -0.39 is 0 Å². The van der Waals surface area contributed by atoms with Gasteiger partial charge in [0.25, 0.3) is 0 Å². The first kappa shape index (κ1) is 36.6. The summed E-state index contributed by atoms with van der Waals surface area (Å²) in [5.74, 6) is 2.51. The Kier molecular flexibility index (Phi) is 8.35. The minimum atomic E-state index is -0.0953. The normalized spacial score (nSPS) is 16.4. The van der Waals surface area contributed by atoms with Crippen molar-refractivity contribution in [2.45, 2.75) is 85.0 Å². The van der Waals surface area contributed by atoms with Crippen molar-refractivity contribution in [3.8, 4) is 22.9 Å². The summed E-state index contributed by atoms with van der Waals surface area (Å²) < 4.78 is 12.5. The first-order valence-corrected chi connectivity index (χ1v) is 20.8. The van der Waals surface area contributed by atoms with Gasteiger partial charge in [0.1, 0.15) is 0 Å². The molecule has 9 rings (SSSR count). The average molecular weight is 918 g/mol. The van der Waals surface area contributed by atoms with Crippen LogP contribution in [0.3, 0.4) is 0 Å². The van der Waals surface area contributed by atoms with Gasteiger partial charge < -0.3 is 0 Å². The predicted molar refractivity (Wildman–Crippen MR) is 226 cm³/mol. The van der Waals surface area contributed by atoms with Gasteiger partial charge in [0, 0.05) is 6.20 Å². The number of para-hydroxylation sites is 3. The SMILES string of the molecule is CC(C)(C)c1ccnc(N2c3cc(Oc4cccc(-n5[c](=[Pt])n(-c6ccccc6)c6ccccc65)c4)ccc3Cc3ccc4c(c32)C(C)(C)C(C)(C)C4(C)C)c1. The zero-order chi connectivity index (χ0) is 39.4. The van der Waals surface area contributed by atoms with Crippen molar-refractivity contribution in [3.63, 3.8) is 0 Å². The molecule has 0 unspecified atom stereocenters. The number of pyridine rings is 1. The van der Waals surface area contributed by atoms with Crippen LogP contribution in [0.2, 0.25) is 0 Å². The van der Waals surface area contributed by atoms with Gasteiger partial charge in [0.05, 0.1) is 0 Å². The third-order valence-corrected chi connectivity index (χ3v) is 14.5. The molecule has 0 fully saturated rings. The molecule has 5 nitrogen and oxygen atoms in total. The molecule has 0 radical (unpaired) electrons. The van der Waals surface area contributed by atoms with E-state index in [0.29, 0.717) is 0 Å². The van der Waals surface area contributed by atoms with Crippen LogP contribution >= 0.6 is 0 Å². The first-order chi connectivity index (χ1) is 26.6. The third kappa shape index (κ3) is 5.45. The van der Waals surface area contributed by atoms with E-state index in [4.69, 9.17) is 9.72 Å². The quantitative estimate of drug-likeness (QED) is 0.173. The van der Waals surface area contributed by atoms with Gasteiger partial charge in [0.2, 0.25) is 0 Å². The number of anilines is 3. The molecule has 2 aliphatic rings. The maximum atomic E-state index is 6.83. The van der Waals surface area contributed by atoms with Gasteiger partial charge in [-0.15, -0.1) is 0 Å². The van der Waals surface area contributed by atoms with E-state index in [2.05, 4.69) is 211 Å². The van der Waals surface area contributed by atoms with Crippen molar-refractivity contribution in [3.05, 3.63) is 159 Å². The fourth-order valence-corrected chi connectivity index (χ4v) is 10.3. The van der Waals surface area contributed by atoms with Gasteiger partial charge in [-0.25, -0.2) is 0 Å². The number of nitrogens with zero attached hydrogens (tertiary/aromatic N) is 4. The van der Waals surface area contributed by atoms with Crippen molar-refractivity contribution in [1.29, 1.82) is 0 Å². The Morgan fingerprint density at radius 1 is 0.643 bits per heavy atom. The standard InChI is InChI=1S/C50H50N4O.Pt/c1-47(2,3)35-26-27-51-44(29-35)54-43-31-39(24-22-33(43)28-34-23-25-40-45(46(34)54)49(6,7)50(8,9)48(40,4)5)55-38-19-15-18-37(30-38)53-32-52(36-16-11-10-12-17-36)41-20-13-14-21-42(41)53;/h10-27,29-31H,28H2,1-9H3;. The Bertz CT molecular complexity index is 2750. The van der Waals surface area contributed by atoms with Crippen molar-refractivity contribution in [1.82, 2.24) is 14.1 Å². The number of benzene rings is 5. The summed E-state index contributed by atoms with van der Waals surface area (Å²) >= 11 is 2.45. The molecule has 0 amide bonds. The van der Waals surface area contributed by atoms with Gasteiger partial charge in [0.15, 0.2) is 0 Å². The van der Waals surface area contributed by atoms with Crippen LogP contribution in [0, 0.1) is 9.22 Å². The van der Waals surface area contributed by atoms with Crippen LogP contribution in [0.15, 0.2) is 128 Å². The van der Waals surface area contributed by atoms with Crippen molar-refractivity contribution in [2.75, 3.05) is 4.90 Å². The first-order valence-electron chi connectivity index (χ1n) is 19.7. The molecule has 5 aromatic carbocycles. The molecule has 3 heterocycles. The summed E-state index contributed by atoms with van der Waals surface area (Å²) in [5, 5.41) is 0. The van der Waals surface area contributed by atoms with Crippen LogP contribution in [-0.2, 0) is 42.0 Å². The summed E-state index contributed by atoms with van der Waals surface area (Å²) in [7, 11) is 0. The van der Waals surface area contributed by atoms with Crippen molar-refractivity contribution < 1.29 is 24.1 Å². The van der Waals surface area contributed by atoms with Gasteiger partial charge in [-0.3, -0.25) is 0 Å². The summed E-state index contributed by atoms with van der Waals surface area (Å²) in [6, 6.07) is 43.4. The Morgan fingerprint density at radius 3 is 2.00 bits per heavy atom. The van der Waals surface area contributed by atoms with E-state index in [1.807, 2.05) is 12.3 Å². The number of hydrogen-bond acceptors (Lipinski definition) is 3. The number of aromatic nitrogens is 3. The van der Waals surface area contributed by atoms with Crippen LogP contribution in [0.4, 0.5) is 17.2 Å². The van der Waals surface area contributed by atoms with E-state index in [-0.39, 0.29) is 21.7 Å². The fourth-order valence-electron chi connectivity index (χ4n) is 9.15. The maximum absolute atomic E-state index is 6.83. The molecular formula is C50H50N4OPt. The molecule has 0 saturated heterocycles. The molecule has 0 spiro atoms. The summed E-state index contributed by atoms with van der Waals surface area (Å²) in [4.78, 5) is 7.56. The van der Waals surface area contributed by atoms with Crippen molar-refractivity contribution >= 4 is 28.2 Å². The van der Waals surface area contributed by atoms with Gasteiger partial charge in [-0.1, -0.05) is 74.4 Å². The zero-order valence-corrected chi connectivity index (χ0v) is 36.1. The Morgan fingerprint density at radius 2 is 1.29 bits per heavy atom. The molecule has 1 aliphatic carbocycles. The van der Waals surface area contributed by atoms with Crippen LogP contribution in [0.5, 0.6) is 11.5 Å². The Labute approximate surface area is 342 Å². The van der Waals surface area contributed by atoms with E-state index in [9.17, 15) is 0 Å². The average Bonchev–Trinajstić information content (AvgIpc) is 3.52. The minimum Gasteiger partial charge on any atom is -0.0582 e. The van der Waals surface area contributed by atoms with Crippen LogP contribution in [0.25, 0.3) is 22.4 Å². The molecule has 0 N–H and O–H groups in total. The van der Waals surface area contributed by atoms with E-state index >= 15 is 0 Å². The van der Waals surface area contributed by atoms with E-state index in [0.717, 1.165) is 55.6 Å². The Balaban J connectivity index is 1.17. The minimum absolute atomic E-state index is 0.0172. The number of rotatable bonds is 5. The molecule has 6 heteroatoms. The van der Waals surface area contributed by atoms with Gasteiger partial charge in [-0.05, 0) is 38.9 Å². The number of imidazole rings is 1.